The second-order valence-corrected chi connectivity index (χ2v) is 3.26. The molecule has 0 unspecified atom stereocenters. The molecule has 0 atom stereocenters. The van der Waals surface area contributed by atoms with E-state index in [9.17, 15) is 0 Å². The number of likely N-dealkylation sites (N-methyl/N-ethyl adjacent to an activating group) is 2. The van der Waals surface area contributed by atoms with E-state index in [1.807, 2.05) is 27.9 Å². The van der Waals surface area contributed by atoms with Gasteiger partial charge < -0.3 is 9.47 Å². The predicted octanol–water partition coefficient (Wildman–Crippen LogP) is 0.548. The normalized spacial score (nSPS) is 24.0. The summed E-state index contributed by atoms with van der Waals surface area (Å²) in [6.07, 6.45) is 0. The van der Waals surface area contributed by atoms with Crippen LogP contribution in [0.4, 0.5) is 0 Å². The average molecular weight is 188 g/mol. The first kappa shape index (κ1) is 10.9. The number of hydrogen-bond donors (Lipinski definition) is 0. The highest BCUT2D eigenvalue weighted by Crippen LogP contribution is 2.26. The molecule has 0 N–H and O–H groups in total. The Balaban J connectivity index is 2.73. The fourth-order valence-electron chi connectivity index (χ4n) is 1.73. The minimum atomic E-state index is -0.622. The van der Waals surface area contributed by atoms with Gasteiger partial charge in [-0.1, -0.05) is 0 Å². The van der Waals surface area contributed by atoms with Gasteiger partial charge in [-0.15, -0.1) is 0 Å². The molecule has 0 aromatic rings. The fourth-order valence-corrected chi connectivity index (χ4v) is 1.73. The van der Waals surface area contributed by atoms with Crippen LogP contribution >= 0.6 is 0 Å². The van der Waals surface area contributed by atoms with Crippen molar-refractivity contribution in [2.45, 2.75) is 19.9 Å². The van der Waals surface area contributed by atoms with E-state index in [1.54, 1.807) is 0 Å². The number of rotatable bonds is 4. The maximum absolute atomic E-state index is 5.68. The molecular weight excluding hydrogens is 168 g/mol. The molecule has 1 fully saturated rings. The van der Waals surface area contributed by atoms with Crippen molar-refractivity contribution in [3.05, 3.63) is 0 Å². The van der Waals surface area contributed by atoms with Crippen LogP contribution in [0.15, 0.2) is 0 Å². The van der Waals surface area contributed by atoms with Crippen LogP contribution in [0.3, 0.4) is 0 Å². The molecule has 0 aliphatic carbocycles. The SMILES string of the molecule is CCOC1(OCC)N(C)CCN1C. The number of nitrogens with zero attached hydrogens (tertiary/aromatic N) is 2. The molecule has 4 nitrogen and oxygen atoms in total. The Morgan fingerprint density at radius 1 is 1.00 bits per heavy atom. The monoisotopic (exact) mass is 188 g/mol. The maximum Gasteiger partial charge on any atom is 0.296 e. The Morgan fingerprint density at radius 2 is 1.38 bits per heavy atom. The van der Waals surface area contributed by atoms with E-state index in [2.05, 4.69) is 9.80 Å². The third-order valence-corrected chi connectivity index (χ3v) is 2.40. The summed E-state index contributed by atoms with van der Waals surface area (Å²) < 4.78 is 11.4. The Labute approximate surface area is 80.4 Å². The van der Waals surface area contributed by atoms with Crippen molar-refractivity contribution in [2.75, 3.05) is 40.4 Å². The van der Waals surface area contributed by atoms with Crippen molar-refractivity contribution in [1.82, 2.24) is 9.80 Å². The first-order chi connectivity index (χ1) is 6.17. The summed E-state index contributed by atoms with van der Waals surface area (Å²) >= 11 is 0. The highest BCUT2D eigenvalue weighted by Gasteiger charge is 2.45. The third-order valence-electron chi connectivity index (χ3n) is 2.40. The predicted molar refractivity (Wildman–Crippen MR) is 51.2 cm³/mol. The lowest BCUT2D eigenvalue weighted by atomic mass is 10.6. The molecule has 0 aromatic carbocycles. The van der Waals surface area contributed by atoms with Crippen molar-refractivity contribution in [2.24, 2.45) is 0 Å². The van der Waals surface area contributed by atoms with Gasteiger partial charge in [-0.3, -0.25) is 0 Å². The summed E-state index contributed by atoms with van der Waals surface area (Å²) in [7, 11) is 4.05. The summed E-state index contributed by atoms with van der Waals surface area (Å²) in [6, 6.07) is -0.622. The van der Waals surface area contributed by atoms with E-state index >= 15 is 0 Å². The highest BCUT2D eigenvalue weighted by atomic mass is 16.7. The van der Waals surface area contributed by atoms with E-state index in [4.69, 9.17) is 9.47 Å². The smallest absolute Gasteiger partial charge is 0.296 e. The Bertz CT molecular complexity index is 146. The molecule has 1 rings (SSSR count). The van der Waals surface area contributed by atoms with E-state index in [1.165, 1.54) is 0 Å². The molecule has 0 saturated carbocycles. The van der Waals surface area contributed by atoms with E-state index < -0.39 is 6.03 Å². The zero-order valence-electron chi connectivity index (χ0n) is 9.04. The van der Waals surface area contributed by atoms with Gasteiger partial charge in [-0.25, -0.2) is 9.80 Å². The molecule has 4 heteroatoms. The van der Waals surface area contributed by atoms with Crippen molar-refractivity contribution in [1.29, 1.82) is 0 Å². The molecule has 1 heterocycles. The minimum absolute atomic E-state index is 0.622. The van der Waals surface area contributed by atoms with Gasteiger partial charge in [-0.2, -0.15) is 0 Å². The fraction of sp³-hybridized carbons (Fsp3) is 1.00. The Hall–Kier alpha value is -0.160. The first-order valence-electron chi connectivity index (χ1n) is 4.87. The van der Waals surface area contributed by atoms with Crippen LogP contribution in [0.5, 0.6) is 0 Å². The maximum atomic E-state index is 5.68. The topological polar surface area (TPSA) is 24.9 Å². The van der Waals surface area contributed by atoms with Crippen LogP contribution in [0.2, 0.25) is 0 Å². The number of hydrogen-bond acceptors (Lipinski definition) is 4. The summed E-state index contributed by atoms with van der Waals surface area (Å²) in [5.41, 5.74) is 0. The van der Waals surface area contributed by atoms with Gasteiger partial charge in [0.2, 0.25) is 0 Å². The Morgan fingerprint density at radius 3 is 1.69 bits per heavy atom. The minimum Gasteiger partial charge on any atom is -0.325 e. The van der Waals surface area contributed by atoms with Gasteiger partial charge in [0.25, 0.3) is 6.03 Å². The highest BCUT2D eigenvalue weighted by molar-refractivity contribution is 4.77. The van der Waals surface area contributed by atoms with Crippen molar-refractivity contribution in [3.63, 3.8) is 0 Å². The molecule has 0 amide bonds. The molecule has 78 valence electrons. The van der Waals surface area contributed by atoms with Gasteiger partial charge in [0.05, 0.1) is 0 Å². The van der Waals surface area contributed by atoms with E-state index in [0.717, 1.165) is 13.1 Å². The Kier molecular flexibility index (Phi) is 3.67. The molecule has 0 aromatic heterocycles. The summed E-state index contributed by atoms with van der Waals surface area (Å²) in [5.74, 6) is 0. The molecule has 0 spiro atoms. The van der Waals surface area contributed by atoms with Gasteiger partial charge in [0.1, 0.15) is 0 Å². The van der Waals surface area contributed by atoms with Gasteiger partial charge in [-0.05, 0) is 27.9 Å². The molecule has 0 radical (unpaired) electrons. The van der Waals surface area contributed by atoms with Crippen LogP contribution in [0.25, 0.3) is 0 Å². The van der Waals surface area contributed by atoms with E-state index in [0.29, 0.717) is 13.2 Å². The zero-order valence-corrected chi connectivity index (χ0v) is 9.04. The first-order valence-corrected chi connectivity index (χ1v) is 4.87. The molecule has 1 saturated heterocycles. The van der Waals surface area contributed by atoms with Crippen LogP contribution in [-0.2, 0) is 9.47 Å². The molecule has 0 bridgehead atoms. The largest absolute Gasteiger partial charge is 0.325 e. The van der Waals surface area contributed by atoms with Crippen molar-refractivity contribution < 1.29 is 9.47 Å². The summed E-state index contributed by atoms with van der Waals surface area (Å²) in [5, 5.41) is 0. The van der Waals surface area contributed by atoms with Gasteiger partial charge in [0.15, 0.2) is 0 Å². The van der Waals surface area contributed by atoms with Gasteiger partial charge >= 0.3 is 0 Å². The quantitative estimate of drug-likeness (QED) is 0.601. The summed E-state index contributed by atoms with van der Waals surface area (Å²) in [4.78, 5) is 4.19. The van der Waals surface area contributed by atoms with Crippen LogP contribution < -0.4 is 0 Å². The van der Waals surface area contributed by atoms with Crippen LogP contribution in [-0.4, -0.2) is 56.2 Å². The molecule has 1 aliphatic heterocycles. The zero-order chi connectivity index (χ0) is 9.90. The van der Waals surface area contributed by atoms with Gasteiger partial charge in [0, 0.05) is 26.3 Å². The summed E-state index contributed by atoms with van der Waals surface area (Å²) in [6.45, 7) is 7.26. The lowest BCUT2D eigenvalue weighted by Crippen LogP contribution is -2.55. The molecule has 1 aliphatic rings. The second-order valence-electron chi connectivity index (χ2n) is 3.26. The second kappa shape index (κ2) is 4.37. The van der Waals surface area contributed by atoms with E-state index in [-0.39, 0.29) is 0 Å². The van der Waals surface area contributed by atoms with Crippen LogP contribution in [0, 0.1) is 0 Å². The van der Waals surface area contributed by atoms with Crippen molar-refractivity contribution >= 4 is 0 Å². The molecule has 13 heavy (non-hydrogen) atoms. The van der Waals surface area contributed by atoms with Crippen LogP contribution in [0.1, 0.15) is 13.8 Å². The third kappa shape index (κ3) is 1.86. The average Bonchev–Trinajstić information content (AvgIpc) is 2.35. The lowest BCUT2D eigenvalue weighted by Gasteiger charge is -2.38. The number of ether oxygens (including phenoxy) is 2. The standard InChI is InChI=1S/C9H20N2O2/c1-5-12-9(13-6-2)10(3)7-8-11(9)4/h5-8H2,1-4H3. The molecular formula is C9H20N2O2. The van der Waals surface area contributed by atoms with Crippen molar-refractivity contribution in [3.8, 4) is 0 Å². The lowest BCUT2D eigenvalue weighted by molar-refractivity contribution is -0.353.